The van der Waals surface area contributed by atoms with Crippen LogP contribution in [-0.2, 0) is 25.3 Å². The zero-order valence-corrected chi connectivity index (χ0v) is 15.4. The topological polar surface area (TPSA) is 125 Å². The molecule has 140 valence electrons. The number of rotatable bonds is 9. The molecule has 0 saturated heterocycles. The summed E-state index contributed by atoms with van der Waals surface area (Å²) in [7, 11) is -3.39. The third-order valence-electron chi connectivity index (χ3n) is 3.43. The van der Waals surface area contributed by atoms with Gasteiger partial charge in [0.05, 0.1) is 13.2 Å². The third-order valence-corrected chi connectivity index (χ3v) is 4.08. The fourth-order valence-corrected chi connectivity index (χ4v) is 2.98. The highest BCUT2D eigenvalue weighted by Crippen LogP contribution is 2.30. The van der Waals surface area contributed by atoms with Crippen molar-refractivity contribution in [2.45, 2.75) is 38.8 Å². The van der Waals surface area contributed by atoms with Gasteiger partial charge in [0.25, 0.3) is 0 Å². The molecule has 1 aromatic rings. The molecule has 0 aliphatic rings. The standard InChI is InChI=1S/C16H25N2O6P/c1-11(2)9-13(18-25(21,22)23)15(19)17-14(16(20)24-3)10-12-7-5-4-6-8-12/h4-8,11,13-14H,9-10H2,1-3H3,(H,17,19)(H3,18,21,22,23)/t13-,14-/m0/s1. The Balaban J connectivity index is 2.89. The Hall–Kier alpha value is -1.73. The summed E-state index contributed by atoms with van der Waals surface area (Å²) < 4.78 is 15.9. The summed E-state index contributed by atoms with van der Waals surface area (Å²) in [4.78, 5) is 42.6. The molecule has 8 nitrogen and oxygen atoms in total. The van der Waals surface area contributed by atoms with E-state index >= 15 is 0 Å². The summed E-state index contributed by atoms with van der Waals surface area (Å²) >= 11 is 0. The SMILES string of the molecule is COC(=O)[C@H](Cc1ccccc1)NC(=O)[C@H](CC(C)C)NP(=O)(O)O. The van der Waals surface area contributed by atoms with E-state index in [0.717, 1.165) is 5.56 Å². The van der Waals surface area contributed by atoms with Gasteiger partial charge in [-0.1, -0.05) is 44.2 Å². The molecule has 0 saturated carbocycles. The summed E-state index contributed by atoms with van der Waals surface area (Å²) in [6.45, 7) is 3.65. The number of nitrogens with one attached hydrogen (secondary N) is 2. The zero-order chi connectivity index (χ0) is 19.0. The van der Waals surface area contributed by atoms with Crippen LogP contribution < -0.4 is 10.4 Å². The lowest BCUT2D eigenvalue weighted by atomic mass is 10.0. The highest BCUT2D eigenvalue weighted by molar-refractivity contribution is 7.49. The first-order chi connectivity index (χ1) is 11.6. The molecule has 0 bridgehead atoms. The Kier molecular flexibility index (Phi) is 8.25. The molecule has 0 aromatic heterocycles. The predicted molar refractivity (Wildman–Crippen MR) is 92.5 cm³/mol. The van der Waals surface area contributed by atoms with Gasteiger partial charge < -0.3 is 19.8 Å². The zero-order valence-electron chi connectivity index (χ0n) is 14.5. The largest absolute Gasteiger partial charge is 0.467 e. The highest BCUT2D eigenvalue weighted by Gasteiger charge is 2.30. The number of carbonyl (C=O) groups is 2. The minimum atomic E-state index is -4.60. The van der Waals surface area contributed by atoms with Gasteiger partial charge >= 0.3 is 13.7 Å². The molecular formula is C16H25N2O6P. The average Bonchev–Trinajstić information content (AvgIpc) is 2.52. The van der Waals surface area contributed by atoms with E-state index in [1.807, 2.05) is 49.3 Å². The van der Waals surface area contributed by atoms with Crippen molar-refractivity contribution in [2.75, 3.05) is 7.11 Å². The number of hydrogen-bond acceptors (Lipinski definition) is 4. The molecule has 0 aliphatic heterocycles. The van der Waals surface area contributed by atoms with Crippen LogP contribution in [-0.4, -0.2) is 40.9 Å². The van der Waals surface area contributed by atoms with Gasteiger partial charge in [0, 0.05) is 6.42 Å². The maximum absolute atomic E-state index is 12.5. The van der Waals surface area contributed by atoms with Crippen molar-refractivity contribution in [1.29, 1.82) is 0 Å². The van der Waals surface area contributed by atoms with Gasteiger partial charge in [-0.15, -0.1) is 0 Å². The molecular weight excluding hydrogens is 347 g/mol. The summed E-state index contributed by atoms with van der Waals surface area (Å²) in [6.07, 6.45) is 0.416. The van der Waals surface area contributed by atoms with Crippen molar-refractivity contribution in [3.8, 4) is 0 Å². The minimum Gasteiger partial charge on any atom is -0.467 e. The second-order valence-corrected chi connectivity index (χ2v) is 7.48. The van der Waals surface area contributed by atoms with Crippen LogP contribution >= 0.6 is 7.75 Å². The molecule has 1 aromatic carbocycles. The lowest BCUT2D eigenvalue weighted by Crippen LogP contribution is -2.51. The molecule has 0 unspecified atom stereocenters. The predicted octanol–water partition coefficient (Wildman–Crippen LogP) is 0.984. The highest BCUT2D eigenvalue weighted by atomic mass is 31.2. The van der Waals surface area contributed by atoms with Crippen molar-refractivity contribution in [3.05, 3.63) is 35.9 Å². The molecule has 9 heteroatoms. The van der Waals surface area contributed by atoms with Crippen molar-refractivity contribution >= 4 is 19.6 Å². The van der Waals surface area contributed by atoms with Crippen LogP contribution in [0.3, 0.4) is 0 Å². The van der Waals surface area contributed by atoms with Gasteiger partial charge in [-0.05, 0) is 17.9 Å². The number of benzene rings is 1. The lowest BCUT2D eigenvalue weighted by molar-refractivity contribution is -0.145. The normalized spacial score (nSPS) is 14.0. The number of ether oxygens (including phenoxy) is 1. The maximum atomic E-state index is 12.5. The molecule has 1 amide bonds. The first kappa shape index (κ1) is 21.3. The molecule has 2 atom stereocenters. The quantitative estimate of drug-likeness (QED) is 0.376. The first-order valence-electron chi connectivity index (χ1n) is 7.88. The van der Waals surface area contributed by atoms with Crippen molar-refractivity contribution in [3.63, 3.8) is 0 Å². The molecule has 0 fully saturated rings. The van der Waals surface area contributed by atoms with Crippen molar-refractivity contribution in [2.24, 2.45) is 5.92 Å². The number of carbonyl (C=O) groups excluding carboxylic acids is 2. The van der Waals surface area contributed by atoms with Crippen LogP contribution in [0.2, 0.25) is 0 Å². The third kappa shape index (κ3) is 8.27. The van der Waals surface area contributed by atoms with Crippen LogP contribution in [0.1, 0.15) is 25.8 Å². The van der Waals surface area contributed by atoms with Crippen LogP contribution in [0.25, 0.3) is 0 Å². The van der Waals surface area contributed by atoms with Gasteiger partial charge in [-0.25, -0.2) is 14.4 Å². The van der Waals surface area contributed by atoms with E-state index in [4.69, 9.17) is 14.5 Å². The fourth-order valence-electron chi connectivity index (χ4n) is 2.35. The Morgan fingerprint density at radius 3 is 2.24 bits per heavy atom. The van der Waals surface area contributed by atoms with Gasteiger partial charge in [-0.2, -0.15) is 0 Å². The second-order valence-electron chi connectivity index (χ2n) is 6.13. The molecule has 4 N–H and O–H groups in total. The van der Waals surface area contributed by atoms with Gasteiger partial charge in [0.2, 0.25) is 5.91 Å². The van der Waals surface area contributed by atoms with E-state index in [2.05, 4.69) is 5.32 Å². The fraction of sp³-hybridized carbons (Fsp3) is 0.500. The number of hydrogen-bond donors (Lipinski definition) is 4. The van der Waals surface area contributed by atoms with E-state index in [-0.39, 0.29) is 18.8 Å². The van der Waals surface area contributed by atoms with Gasteiger partial charge in [0.15, 0.2) is 0 Å². The van der Waals surface area contributed by atoms with Crippen molar-refractivity contribution in [1.82, 2.24) is 10.4 Å². The molecule has 0 radical (unpaired) electrons. The van der Waals surface area contributed by atoms with Crippen LogP contribution in [0.4, 0.5) is 0 Å². The molecule has 0 spiro atoms. The van der Waals surface area contributed by atoms with E-state index in [9.17, 15) is 14.2 Å². The van der Waals surface area contributed by atoms with E-state index in [1.165, 1.54) is 7.11 Å². The van der Waals surface area contributed by atoms with E-state index in [0.29, 0.717) is 0 Å². The molecule has 25 heavy (non-hydrogen) atoms. The molecule has 0 aliphatic carbocycles. The van der Waals surface area contributed by atoms with Gasteiger partial charge in [-0.3, -0.25) is 4.79 Å². The van der Waals surface area contributed by atoms with Crippen LogP contribution in [0, 0.1) is 5.92 Å². The second kappa shape index (κ2) is 9.68. The minimum absolute atomic E-state index is 0.0144. The summed E-state index contributed by atoms with van der Waals surface area (Å²) in [5.74, 6) is -1.28. The average molecular weight is 372 g/mol. The number of methoxy groups -OCH3 is 1. The Morgan fingerprint density at radius 2 is 1.76 bits per heavy atom. The Labute approximate surface area is 147 Å². The van der Waals surface area contributed by atoms with Gasteiger partial charge in [0.1, 0.15) is 6.04 Å². The maximum Gasteiger partial charge on any atom is 0.401 e. The van der Waals surface area contributed by atoms with E-state index < -0.39 is 31.7 Å². The lowest BCUT2D eigenvalue weighted by Gasteiger charge is -2.23. The summed E-state index contributed by atoms with van der Waals surface area (Å²) in [6, 6.07) is 6.99. The van der Waals surface area contributed by atoms with Crippen LogP contribution in [0.15, 0.2) is 30.3 Å². The number of esters is 1. The smallest absolute Gasteiger partial charge is 0.401 e. The first-order valence-corrected chi connectivity index (χ1v) is 9.49. The summed E-state index contributed by atoms with van der Waals surface area (Å²) in [5, 5.41) is 4.54. The molecule has 0 heterocycles. The van der Waals surface area contributed by atoms with E-state index in [1.54, 1.807) is 0 Å². The van der Waals surface area contributed by atoms with Crippen LogP contribution in [0.5, 0.6) is 0 Å². The Bertz CT molecular complexity index is 616. The number of amides is 1. The molecule has 1 rings (SSSR count). The Morgan fingerprint density at radius 1 is 1.16 bits per heavy atom. The summed E-state index contributed by atoms with van der Waals surface area (Å²) in [5.41, 5.74) is 0.821. The monoisotopic (exact) mass is 372 g/mol. The van der Waals surface area contributed by atoms with Crippen molar-refractivity contribution < 1.29 is 28.7 Å².